The van der Waals surface area contributed by atoms with E-state index in [1.54, 1.807) is 5.32 Å². The molecule has 108 valence electrons. The number of hydrogen-bond donors (Lipinski definition) is 3. The molecule has 0 aromatic carbocycles. The van der Waals surface area contributed by atoms with Crippen molar-refractivity contribution in [1.29, 1.82) is 0 Å². The van der Waals surface area contributed by atoms with Gasteiger partial charge in [0.2, 0.25) is 0 Å². The molecule has 1 aromatic heterocycles. The number of aromatic nitrogens is 1. The van der Waals surface area contributed by atoms with E-state index in [1.165, 1.54) is 24.4 Å². The van der Waals surface area contributed by atoms with Gasteiger partial charge in [-0.3, -0.25) is 5.32 Å². The number of rotatable bonds is 4. The number of anilines is 1. The van der Waals surface area contributed by atoms with Crippen molar-refractivity contribution in [3.8, 4) is 0 Å². The van der Waals surface area contributed by atoms with E-state index in [9.17, 15) is 22.8 Å². The highest BCUT2D eigenvalue weighted by Crippen LogP contribution is 2.12. The van der Waals surface area contributed by atoms with Gasteiger partial charge in [-0.2, -0.15) is 13.2 Å². The van der Waals surface area contributed by atoms with Gasteiger partial charge in [0.05, 0.1) is 0 Å². The van der Waals surface area contributed by atoms with Crippen LogP contribution in [-0.4, -0.2) is 34.8 Å². The van der Waals surface area contributed by atoms with E-state index in [0.29, 0.717) is 5.56 Å². The van der Waals surface area contributed by atoms with Crippen molar-refractivity contribution in [3.63, 3.8) is 0 Å². The Kier molecular flexibility index (Phi) is 5.07. The molecule has 1 rings (SSSR count). The molecular weight excluding hydrogens is 279 g/mol. The van der Waals surface area contributed by atoms with Crippen LogP contribution in [0.3, 0.4) is 0 Å². The molecule has 0 spiro atoms. The van der Waals surface area contributed by atoms with Gasteiger partial charge in [-0.1, -0.05) is 0 Å². The molecule has 0 saturated heterocycles. The summed E-state index contributed by atoms with van der Waals surface area (Å²) in [5.41, 5.74) is 0.425. The van der Waals surface area contributed by atoms with Crippen LogP contribution in [0.2, 0.25) is 0 Å². The van der Waals surface area contributed by atoms with E-state index >= 15 is 0 Å². The van der Waals surface area contributed by atoms with Gasteiger partial charge in [-0.15, -0.1) is 0 Å². The number of alkyl halides is 3. The van der Waals surface area contributed by atoms with E-state index in [4.69, 9.17) is 5.11 Å². The number of carboxylic acid groups (broad SMARTS) is 1. The first-order chi connectivity index (χ1) is 9.26. The molecule has 0 aliphatic heterocycles. The monoisotopic (exact) mass is 289 g/mol. The number of pyridine rings is 1. The molecule has 0 aliphatic rings. The van der Waals surface area contributed by atoms with Gasteiger partial charge in [0.25, 0.3) is 0 Å². The number of urea groups is 1. The molecule has 3 N–H and O–H groups in total. The largest absolute Gasteiger partial charge is 0.478 e. The highest BCUT2D eigenvalue weighted by atomic mass is 19.4. The van der Waals surface area contributed by atoms with Gasteiger partial charge in [0.1, 0.15) is 12.4 Å². The van der Waals surface area contributed by atoms with Crippen molar-refractivity contribution in [1.82, 2.24) is 10.3 Å². The molecule has 0 unspecified atom stereocenters. The lowest BCUT2D eigenvalue weighted by Gasteiger charge is -2.09. The van der Waals surface area contributed by atoms with Crippen molar-refractivity contribution in [2.75, 3.05) is 11.9 Å². The molecule has 1 aromatic rings. The summed E-state index contributed by atoms with van der Waals surface area (Å²) in [6.45, 7) is -1.46. The Morgan fingerprint density at radius 3 is 2.70 bits per heavy atom. The third kappa shape index (κ3) is 6.38. The summed E-state index contributed by atoms with van der Waals surface area (Å²) in [4.78, 5) is 25.2. The second kappa shape index (κ2) is 6.55. The molecule has 0 saturated carbocycles. The van der Waals surface area contributed by atoms with Crippen LogP contribution >= 0.6 is 0 Å². The van der Waals surface area contributed by atoms with Crippen LogP contribution in [0.1, 0.15) is 5.56 Å². The van der Waals surface area contributed by atoms with E-state index in [1.807, 2.05) is 0 Å². The van der Waals surface area contributed by atoms with Gasteiger partial charge < -0.3 is 10.4 Å². The average molecular weight is 289 g/mol. The Balaban J connectivity index is 2.62. The fraction of sp³-hybridized carbons (Fsp3) is 0.182. The van der Waals surface area contributed by atoms with Crippen LogP contribution in [-0.2, 0) is 4.79 Å². The number of amides is 2. The molecule has 0 atom stereocenters. The summed E-state index contributed by atoms with van der Waals surface area (Å²) in [7, 11) is 0. The Morgan fingerprint density at radius 2 is 2.10 bits per heavy atom. The molecular formula is C11H10F3N3O3. The summed E-state index contributed by atoms with van der Waals surface area (Å²) in [6.07, 6.45) is -1.09. The summed E-state index contributed by atoms with van der Waals surface area (Å²) < 4.78 is 35.6. The topological polar surface area (TPSA) is 91.3 Å². The van der Waals surface area contributed by atoms with Crippen molar-refractivity contribution in [3.05, 3.63) is 30.0 Å². The Morgan fingerprint density at radius 1 is 1.40 bits per heavy atom. The normalized spacial score (nSPS) is 11.3. The third-order valence-electron chi connectivity index (χ3n) is 1.89. The molecule has 0 radical (unpaired) electrons. The quantitative estimate of drug-likeness (QED) is 0.738. The standard InChI is InChI=1S/C11H10F3N3O3/c12-11(13,14)6-16-10(20)17-8-5-7(3-4-15-8)1-2-9(18)19/h1-5H,6H2,(H,18,19)(H2,15,16,17,20)/b2-1+. The predicted molar refractivity (Wildman–Crippen MR) is 64.0 cm³/mol. The zero-order valence-electron chi connectivity index (χ0n) is 9.94. The molecule has 0 aliphatic carbocycles. The summed E-state index contributed by atoms with van der Waals surface area (Å²) in [5.74, 6) is -1.16. The maximum absolute atomic E-state index is 11.9. The van der Waals surface area contributed by atoms with Gasteiger partial charge >= 0.3 is 18.2 Å². The lowest BCUT2D eigenvalue weighted by atomic mass is 10.2. The molecule has 9 heteroatoms. The Labute approximate surface area is 111 Å². The zero-order chi connectivity index (χ0) is 15.2. The van der Waals surface area contributed by atoms with E-state index < -0.39 is 24.7 Å². The molecule has 0 bridgehead atoms. The highest BCUT2D eigenvalue weighted by Gasteiger charge is 2.27. The summed E-state index contributed by atoms with van der Waals surface area (Å²) in [5, 5.41) is 12.2. The Bertz CT molecular complexity index is 529. The number of hydrogen-bond acceptors (Lipinski definition) is 3. The van der Waals surface area contributed by atoms with Crippen LogP contribution in [0.15, 0.2) is 24.4 Å². The first-order valence-corrected chi connectivity index (χ1v) is 5.25. The van der Waals surface area contributed by atoms with Gasteiger partial charge in [0.15, 0.2) is 0 Å². The lowest BCUT2D eigenvalue weighted by Crippen LogP contribution is -2.36. The molecule has 20 heavy (non-hydrogen) atoms. The summed E-state index contributed by atoms with van der Waals surface area (Å²) >= 11 is 0. The first-order valence-electron chi connectivity index (χ1n) is 5.25. The first kappa shape index (κ1) is 15.5. The van der Waals surface area contributed by atoms with E-state index in [0.717, 1.165) is 6.08 Å². The molecule has 6 nitrogen and oxygen atoms in total. The molecule has 2 amide bonds. The lowest BCUT2D eigenvalue weighted by molar-refractivity contribution is -0.131. The van der Waals surface area contributed by atoms with E-state index in [-0.39, 0.29) is 5.82 Å². The highest BCUT2D eigenvalue weighted by molar-refractivity contribution is 5.89. The maximum Gasteiger partial charge on any atom is 0.405 e. The predicted octanol–water partition coefficient (Wildman–Crippen LogP) is 1.86. The minimum atomic E-state index is -4.50. The summed E-state index contributed by atoms with van der Waals surface area (Å²) in [6, 6.07) is 1.72. The van der Waals surface area contributed by atoms with Crippen molar-refractivity contribution < 1.29 is 27.9 Å². The second-order valence-electron chi connectivity index (χ2n) is 3.57. The van der Waals surface area contributed by atoms with Gasteiger partial charge in [-0.05, 0) is 23.8 Å². The van der Waals surface area contributed by atoms with Crippen LogP contribution in [0.25, 0.3) is 6.08 Å². The maximum atomic E-state index is 11.9. The smallest absolute Gasteiger partial charge is 0.405 e. The number of carbonyl (C=O) groups is 2. The van der Waals surface area contributed by atoms with Crippen LogP contribution in [0.5, 0.6) is 0 Å². The minimum Gasteiger partial charge on any atom is -0.478 e. The number of aliphatic carboxylic acids is 1. The van der Waals surface area contributed by atoms with Crippen molar-refractivity contribution >= 4 is 23.9 Å². The van der Waals surface area contributed by atoms with Crippen molar-refractivity contribution in [2.45, 2.75) is 6.18 Å². The van der Waals surface area contributed by atoms with Crippen LogP contribution in [0, 0.1) is 0 Å². The fourth-order valence-corrected chi connectivity index (χ4v) is 1.13. The van der Waals surface area contributed by atoms with Crippen LogP contribution < -0.4 is 10.6 Å². The second-order valence-corrected chi connectivity index (χ2v) is 3.57. The number of carboxylic acids is 1. The van der Waals surface area contributed by atoms with Crippen molar-refractivity contribution in [2.24, 2.45) is 0 Å². The van der Waals surface area contributed by atoms with Crippen LogP contribution in [0.4, 0.5) is 23.8 Å². The third-order valence-corrected chi connectivity index (χ3v) is 1.89. The molecule has 0 fully saturated rings. The van der Waals surface area contributed by atoms with Gasteiger partial charge in [-0.25, -0.2) is 14.6 Å². The SMILES string of the molecule is O=C(O)/C=C/c1ccnc(NC(=O)NCC(F)(F)F)c1. The minimum absolute atomic E-state index is 0.00258. The number of nitrogens with zero attached hydrogens (tertiary/aromatic N) is 1. The van der Waals surface area contributed by atoms with E-state index in [2.05, 4.69) is 10.3 Å². The number of halogens is 3. The average Bonchev–Trinajstić information content (AvgIpc) is 2.34. The fourth-order valence-electron chi connectivity index (χ4n) is 1.13. The Hall–Kier alpha value is -2.58. The number of nitrogens with one attached hydrogen (secondary N) is 2. The molecule has 1 heterocycles. The zero-order valence-corrected chi connectivity index (χ0v) is 9.94. The number of carbonyl (C=O) groups excluding carboxylic acids is 1. The van der Waals surface area contributed by atoms with Gasteiger partial charge in [0, 0.05) is 12.3 Å².